The SMILES string of the molecule is O=C=NC1(c2cc3c(cc2C(F)F)OCO3)CCCC1. The lowest BCUT2D eigenvalue weighted by molar-refractivity contribution is 0.147. The number of hydrogen-bond donors (Lipinski definition) is 0. The zero-order valence-corrected chi connectivity index (χ0v) is 10.7. The van der Waals surface area contributed by atoms with E-state index in [0.29, 0.717) is 29.9 Å². The van der Waals surface area contributed by atoms with E-state index < -0.39 is 12.0 Å². The van der Waals surface area contributed by atoms with E-state index in [1.807, 2.05) is 0 Å². The number of rotatable bonds is 3. The number of carbonyl (C=O) groups excluding carboxylic acids is 1. The van der Waals surface area contributed by atoms with Crippen molar-refractivity contribution in [2.45, 2.75) is 37.6 Å². The summed E-state index contributed by atoms with van der Waals surface area (Å²) >= 11 is 0. The molecule has 0 saturated heterocycles. The molecule has 1 aromatic rings. The summed E-state index contributed by atoms with van der Waals surface area (Å²) in [5.41, 5.74) is -0.679. The summed E-state index contributed by atoms with van der Waals surface area (Å²) in [7, 11) is 0. The van der Waals surface area contributed by atoms with Gasteiger partial charge in [0, 0.05) is 5.56 Å². The van der Waals surface area contributed by atoms with Gasteiger partial charge in [-0.05, 0) is 30.5 Å². The first-order valence-corrected chi connectivity index (χ1v) is 6.47. The summed E-state index contributed by atoms with van der Waals surface area (Å²) < 4.78 is 37.0. The lowest BCUT2D eigenvalue weighted by Crippen LogP contribution is -2.21. The van der Waals surface area contributed by atoms with Crippen LogP contribution < -0.4 is 9.47 Å². The summed E-state index contributed by atoms with van der Waals surface area (Å²) in [6.45, 7) is 0.0193. The number of halogens is 2. The second-order valence-corrected chi connectivity index (χ2v) is 5.04. The molecule has 0 atom stereocenters. The minimum absolute atomic E-state index is 0.0193. The molecule has 106 valence electrons. The van der Waals surface area contributed by atoms with Crippen LogP contribution in [0.5, 0.6) is 11.5 Å². The lowest BCUT2D eigenvalue weighted by atomic mass is 9.85. The van der Waals surface area contributed by atoms with Crippen LogP contribution in [0.1, 0.15) is 43.2 Å². The number of benzene rings is 1. The topological polar surface area (TPSA) is 47.9 Å². The average molecular weight is 281 g/mol. The number of ether oxygens (including phenoxy) is 2. The van der Waals surface area contributed by atoms with Gasteiger partial charge in [-0.15, -0.1) is 0 Å². The zero-order valence-electron chi connectivity index (χ0n) is 10.7. The molecule has 20 heavy (non-hydrogen) atoms. The summed E-state index contributed by atoms with van der Waals surface area (Å²) in [5.74, 6) is 0.740. The smallest absolute Gasteiger partial charge is 0.264 e. The second kappa shape index (κ2) is 4.87. The van der Waals surface area contributed by atoms with E-state index >= 15 is 0 Å². The number of nitrogens with zero attached hydrogens (tertiary/aromatic N) is 1. The number of isocyanates is 1. The van der Waals surface area contributed by atoms with Crippen LogP contribution in [0.2, 0.25) is 0 Å². The third-order valence-electron chi connectivity index (χ3n) is 3.97. The Morgan fingerprint density at radius 1 is 1.20 bits per heavy atom. The van der Waals surface area contributed by atoms with E-state index in [1.54, 1.807) is 6.08 Å². The van der Waals surface area contributed by atoms with Gasteiger partial charge in [0.1, 0.15) is 0 Å². The number of fused-ring (bicyclic) bond motifs is 1. The highest BCUT2D eigenvalue weighted by Gasteiger charge is 2.40. The Morgan fingerprint density at radius 2 is 1.85 bits per heavy atom. The first kappa shape index (κ1) is 13.1. The van der Waals surface area contributed by atoms with Crippen LogP contribution in [0.4, 0.5) is 8.78 Å². The molecule has 1 heterocycles. The van der Waals surface area contributed by atoms with Gasteiger partial charge in [-0.1, -0.05) is 12.8 Å². The van der Waals surface area contributed by atoms with E-state index in [0.717, 1.165) is 12.8 Å². The van der Waals surface area contributed by atoms with Crippen molar-refractivity contribution in [2.75, 3.05) is 6.79 Å². The largest absolute Gasteiger partial charge is 0.454 e. The fraction of sp³-hybridized carbons (Fsp3) is 0.500. The molecule has 0 N–H and O–H groups in total. The predicted molar refractivity (Wildman–Crippen MR) is 65.8 cm³/mol. The Labute approximate surface area is 114 Å². The van der Waals surface area contributed by atoms with E-state index in [2.05, 4.69) is 4.99 Å². The van der Waals surface area contributed by atoms with E-state index in [1.165, 1.54) is 12.1 Å². The summed E-state index contributed by atoms with van der Waals surface area (Å²) in [4.78, 5) is 14.6. The van der Waals surface area contributed by atoms with Crippen LogP contribution in [-0.4, -0.2) is 12.9 Å². The average Bonchev–Trinajstić information content (AvgIpc) is 3.06. The van der Waals surface area contributed by atoms with Crippen molar-refractivity contribution >= 4 is 6.08 Å². The fourth-order valence-electron chi connectivity index (χ4n) is 3.03. The molecule has 0 unspecified atom stereocenters. The quantitative estimate of drug-likeness (QED) is 0.629. The van der Waals surface area contributed by atoms with Crippen LogP contribution in [0.3, 0.4) is 0 Å². The van der Waals surface area contributed by atoms with Gasteiger partial charge in [-0.2, -0.15) is 4.99 Å². The second-order valence-electron chi connectivity index (χ2n) is 5.04. The van der Waals surface area contributed by atoms with Gasteiger partial charge in [0.15, 0.2) is 11.5 Å². The molecule has 6 heteroatoms. The number of aliphatic imine (C=N–C) groups is 1. The molecule has 1 aliphatic carbocycles. The van der Waals surface area contributed by atoms with Crippen molar-refractivity contribution in [1.29, 1.82) is 0 Å². The van der Waals surface area contributed by atoms with Crippen LogP contribution in [-0.2, 0) is 10.3 Å². The Hall–Kier alpha value is -1.94. The maximum absolute atomic E-state index is 13.3. The molecule has 3 rings (SSSR count). The van der Waals surface area contributed by atoms with E-state index in [4.69, 9.17) is 9.47 Å². The van der Waals surface area contributed by atoms with Crippen molar-refractivity contribution < 1.29 is 23.0 Å². The molecule has 0 aromatic heterocycles. The third kappa shape index (κ3) is 1.96. The summed E-state index contributed by atoms with van der Waals surface area (Å²) in [6, 6.07) is 2.83. The maximum Gasteiger partial charge on any atom is 0.264 e. The van der Waals surface area contributed by atoms with Gasteiger partial charge in [0.05, 0.1) is 5.54 Å². The minimum atomic E-state index is -2.65. The highest BCUT2D eigenvalue weighted by Crippen LogP contribution is 2.49. The van der Waals surface area contributed by atoms with E-state index in [-0.39, 0.29) is 12.4 Å². The molecule has 2 aliphatic rings. The number of alkyl halides is 2. The van der Waals surface area contributed by atoms with Crippen molar-refractivity contribution in [2.24, 2.45) is 4.99 Å². The Bertz CT molecular complexity index is 576. The third-order valence-corrected chi connectivity index (χ3v) is 3.97. The van der Waals surface area contributed by atoms with E-state index in [9.17, 15) is 13.6 Å². The normalized spacial score (nSPS) is 19.1. The standard InChI is InChI=1S/C14H13F2NO3/c15-13(16)9-5-11-12(20-8-19-11)6-10(9)14(17-7-18)3-1-2-4-14/h5-6,13H,1-4,8H2. The molecule has 1 fully saturated rings. The molecular formula is C14H13F2NO3. The Balaban J connectivity index is 2.18. The summed E-state index contributed by atoms with van der Waals surface area (Å²) in [5, 5.41) is 0. The molecule has 0 bridgehead atoms. The van der Waals surface area contributed by atoms with Crippen LogP contribution in [0.15, 0.2) is 17.1 Å². The van der Waals surface area contributed by atoms with Gasteiger partial charge in [-0.25, -0.2) is 13.6 Å². The first-order valence-electron chi connectivity index (χ1n) is 6.47. The molecule has 1 saturated carbocycles. The maximum atomic E-state index is 13.3. The zero-order chi connectivity index (χ0) is 14.2. The minimum Gasteiger partial charge on any atom is -0.454 e. The van der Waals surface area contributed by atoms with Gasteiger partial charge >= 0.3 is 0 Å². The predicted octanol–water partition coefficient (Wildman–Crippen LogP) is 3.46. The van der Waals surface area contributed by atoms with Crippen LogP contribution in [0.25, 0.3) is 0 Å². The highest BCUT2D eigenvalue weighted by molar-refractivity contribution is 5.53. The van der Waals surface area contributed by atoms with Gasteiger partial charge < -0.3 is 9.47 Å². The van der Waals surface area contributed by atoms with Gasteiger partial charge in [0.25, 0.3) is 6.43 Å². The number of hydrogen-bond acceptors (Lipinski definition) is 4. The van der Waals surface area contributed by atoms with Crippen molar-refractivity contribution in [3.05, 3.63) is 23.3 Å². The first-order chi connectivity index (χ1) is 9.66. The van der Waals surface area contributed by atoms with Crippen LogP contribution in [0, 0.1) is 0 Å². The molecule has 0 amide bonds. The van der Waals surface area contributed by atoms with Crippen molar-refractivity contribution in [3.63, 3.8) is 0 Å². The Morgan fingerprint density at radius 3 is 2.45 bits per heavy atom. The van der Waals surface area contributed by atoms with Crippen LogP contribution >= 0.6 is 0 Å². The van der Waals surface area contributed by atoms with Crippen molar-refractivity contribution in [1.82, 2.24) is 0 Å². The highest BCUT2D eigenvalue weighted by atomic mass is 19.3. The summed E-state index contributed by atoms with van der Waals surface area (Å²) in [6.07, 6.45) is 1.73. The molecule has 1 aromatic carbocycles. The molecule has 0 spiro atoms. The fourth-order valence-corrected chi connectivity index (χ4v) is 3.03. The van der Waals surface area contributed by atoms with Crippen molar-refractivity contribution in [3.8, 4) is 11.5 Å². The molecule has 1 aliphatic heterocycles. The lowest BCUT2D eigenvalue weighted by Gasteiger charge is -2.26. The molecule has 0 radical (unpaired) electrons. The Kier molecular flexibility index (Phi) is 3.18. The monoisotopic (exact) mass is 281 g/mol. The molecular weight excluding hydrogens is 268 g/mol. The van der Waals surface area contributed by atoms with Gasteiger partial charge in [0.2, 0.25) is 12.9 Å². The molecule has 4 nitrogen and oxygen atoms in total. The van der Waals surface area contributed by atoms with Gasteiger partial charge in [-0.3, -0.25) is 0 Å².